The molecular weight excluding hydrogens is 398 g/mol. The van der Waals surface area contributed by atoms with Gasteiger partial charge in [0.15, 0.2) is 4.34 Å². The highest BCUT2D eigenvalue weighted by molar-refractivity contribution is 8.01. The first-order valence-electron chi connectivity index (χ1n) is 8.65. The number of hydrogen-bond donors (Lipinski definition) is 3. The molecule has 1 atom stereocenters. The van der Waals surface area contributed by atoms with E-state index in [1.165, 1.54) is 23.1 Å². The molecule has 0 radical (unpaired) electrons. The van der Waals surface area contributed by atoms with Crippen LogP contribution in [0.25, 0.3) is 0 Å². The molecule has 0 bridgehead atoms. The molecule has 1 aromatic heterocycles. The zero-order chi connectivity index (χ0) is 20.3. The summed E-state index contributed by atoms with van der Waals surface area (Å²) in [5.74, 6) is -0.134. The Labute approximate surface area is 170 Å². The van der Waals surface area contributed by atoms with Crippen molar-refractivity contribution in [3.63, 3.8) is 0 Å². The molecule has 2 heterocycles. The lowest BCUT2D eigenvalue weighted by atomic mass is 9.91. The van der Waals surface area contributed by atoms with Gasteiger partial charge in [-0.3, -0.25) is 0 Å². The van der Waals surface area contributed by atoms with Crippen molar-refractivity contribution in [1.82, 2.24) is 20.8 Å². The number of anilines is 1. The van der Waals surface area contributed by atoms with E-state index in [2.05, 4.69) is 20.8 Å². The number of urea groups is 1. The summed E-state index contributed by atoms with van der Waals surface area (Å²) in [5, 5.41) is 13.7. The lowest BCUT2D eigenvalue weighted by Crippen LogP contribution is -2.46. The Morgan fingerprint density at radius 1 is 1.36 bits per heavy atom. The minimum absolute atomic E-state index is 0.239. The van der Waals surface area contributed by atoms with Crippen LogP contribution in [-0.2, 0) is 9.53 Å². The van der Waals surface area contributed by atoms with Crippen molar-refractivity contribution in [2.24, 2.45) is 0 Å². The largest absolute Gasteiger partial charge is 0.463 e. The van der Waals surface area contributed by atoms with Gasteiger partial charge in [0.2, 0.25) is 5.13 Å². The quantitative estimate of drug-likeness (QED) is 0.486. The van der Waals surface area contributed by atoms with Gasteiger partial charge in [0.1, 0.15) is 0 Å². The van der Waals surface area contributed by atoms with Crippen molar-refractivity contribution in [2.45, 2.75) is 31.2 Å². The van der Waals surface area contributed by atoms with E-state index in [1.807, 2.05) is 32.0 Å². The fraction of sp³-hybridized carbons (Fsp3) is 0.333. The molecule has 148 valence electrons. The van der Waals surface area contributed by atoms with Crippen LogP contribution in [0, 0.1) is 13.8 Å². The average Bonchev–Trinajstić information content (AvgIpc) is 3.05. The van der Waals surface area contributed by atoms with E-state index in [4.69, 9.17) is 10.5 Å². The third kappa shape index (κ3) is 4.45. The minimum Gasteiger partial charge on any atom is -0.463 e. The molecule has 0 fully saturated rings. The Morgan fingerprint density at radius 3 is 2.79 bits per heavy atom. The zero-order valence-electron chi connectivity index (χ0n) is 15.7. The molecular formula is C18H21N5O3S2. The number of amides is 2. The van der Waals surface area contributed by atoms with Crippen molar-refractivity contribution in [3.8, 4) is 0 Å². The second-order valence-electron chi connectivity index (χ2n) is 6.20. The topological polar surface area (TPSA) is 119 Å². The number of aromatic nitrogens is 2. The van der Waals surface area contributed by atoms with Crippen LogP contribution in [0.15, 0.2) is 33.8 Å². The van der Waals surface area contributed by atoms with Gasteiger partial charge in [-0.25, -0.2) is 9.59 Å². The summed E-state index contributed by atoms with van der Waals surface area (Å²) < 4.78 is 5.93. The van der Waals surface area contributed by atoms with Gasteiger partial charge in [0.05, 0.1) is 18.2 Å². The summed E-state index contributed by atoms with van der Waals surface area (Å²) in [7, 11) is 0. The first kappa shape index (κ1) is 20.2. The first-order valence-corrected chi connectivity index (χ1v) is 10.5. The SMILES string of the molecule is CCOC(=O)C1=C(CSc2nnc(N)s2)NC(=O)N[C@H]1c1ccc(C)cc1C. The molecule has 10 heteroatoms. The minimum atomic E-state index is -0.594. The molecule has 1 aliphatic heterocycles. The monoisotopic (exact) mass is 419 g/mol. The van der Waals surface area contributed by atoms with Crippen molar-refractivity contribution in [3.05, 3.63) is 46.2 Å². The third-order valence-electron chi connectivity index (χ3n) is 4.15. The van der Waals surface area contributed by atoms with E-state index in [0.29, 0.717) is 26.5 Å². The molecule has 28 heavy (non-hydrogen) atoms. The number of carbonyl (C=O) groups is 2. The smallest absolute Gasteiger partial charge is 0.338 e. The Kier molecular flexibility index (Phi) is 6.20. The molecule has 1 aliphatic rings. The second-order valence-corrected chi connectivity index (χ2v) is 8.43. The van der Waals surface area contributed by atoms with Crippen LogP contribution in [0.1, 0.15) is 29.7 Å². The van der Waals surface area contributed by atoms with Gasteiger partial charge in [0.25, 0.3) is 0 Å². The van der Waals surface area contributed by atoms with E-state index < -0.39 is 12.0 Å². The van der Waals surface area contributed by atoms with Crippen LogP contribution >= 0.6 is 23.1 Å². The average molecular weight is 420 g/mol. The second kappa shape index (κ2) is 8.61. The van der Waals surface area contributed by atoms with Gasteiger partial charge >= 0.3 is 12.0 Å². The maximum Gasteiger partial charge on any atom is 0.338 e. The van der Waals surface area contributed by atoms with Gasteiger partial charge in [-0.05, 0) is 31.9 Å². The van der Waals surface area contributed by atoms with Gasteiger partial charge in [-0.15, -0.1) is 10.2 Å². The number of benzene rings is 1. The summed E-state index contributed by atoms with van der Waals surface area (Å²) in [6, 6.07) is 4.94. The first-order chi connectivity index (χ1) is 13.4. The number of hydrogen-bond acceptors (Lipinski definition) is 8. The predicted molar refractivity (Wildman–Crippen MR) is 109 cm³/mol. The molecule has 0 saturated carbocycles. The van der Waals surface area contributed by atoms with E-state index in [0.717, 1.165) is 16.7 Å². The predicted octanol–water partition coefficient (Wildman–Crippen LogP) is 2.70. The van der Waals surface area contributed by atoms with E-state index in [9.17, 15) is 9.59 Å². The molecule has 3 rings (SSSR count). The van der Waals surface area contributed by atoms with Crippen molar-refractivity contribution >= 4 is 40.2 Å². The fourth-order valence-corrected chi connectivity index (χ4v) is 4.58. The number of aryl methyl sites for hydroxylation is 2. The Balaban J connectivity index is 2.00. The summed E-state index contributed by atoms with van der Waals surface area (Å²) in [4.78, 5) is 25.1. The number of nitrogens with one attached hydrogen (secondary N) is 2. The number of esters is 1. The summed E-state index contributed by atoms with van der Waals surface area (Å²) in [6.45, 7) is 5.94. The van der Waals surface area contributed by atoms with Crippen LogP contribution in [-0.4, -0.2) is 34.6 Å². The number of carbonyl (C=O) groups excluding carboxylic acids is 2. The maximum atomic E-state index is 12.8. The van der Waals surface area contributed by atoms with Gasteiger partial charge in [0, 0.05) is 11.4 Å². The number of rotatable bonds is 6. The number of nitrogen functional groups attached to an aromatic ring is 1. The number of nitrogens with zero attached hydrogens (tertiary/aromatic N) is 2. The molecule has 0 unspecified atom stereocenters. The highest BCUT2D eigenvalue weighted by Crippen LogP contribution is 2.33. The van der Waals surface area contributed by atoms with Crippen LogP contribution in [0.5, 0.6) is 0 Å². The standard InChI is InChI=1S/C18H21N5O3S2/c1-4-26-15(24)13-12(8-27-18-23-22-16(19)28-18)20-17(25)21-14(13)11-6-5-9(2)7-10(11)3/h5-7,14H,4,8H2,1-3H3,(H2,19,22)(H2,20,21,25)/t14-/m0/s1. The third-order valence-corrected chi connectivity index (χ3v) is 6.06. The summed E-state index contributed by atoms with van der Waals surface area (Å²) in [6.07, 6.45) is 0. The zero-order valence-corrected chi connectivity index (χ0v) is 17.4. The molecule has 1 aromatic carbocycles. The number of thioether (sulfide) groups is 1. The van der Waals surface area contributed by atoms with E-state index in [-0.39, 0.29) is 12.6 Å². The van der Waals surface area contributed by atoms with E-state index in [1.54, 1.807) is 6.92 Å². The van der Waals surface area contributed by atoms with Crippen molar-refractivity contribution in [2.75, 3.05) is 18.1 Å². The Bertz CT molecular complexity index is 941. The molecule has 0 saturated heterocycles. The summed E-state index contributed by atoms with van der Waals surface area (Å²) in [5.41, 5.74) is 9.44. The van der Waals surface area contributed by atoms with Crippen molar-refractivity contribution in [1.29, 1.82) is 0 Å². The van der Waals surface area contributed by atoms with Crippen LogP contribution < -0.4 is 16.4 Å². The summed E-state index contributed by atoms with van der Waals surface area (Å²) >= 11 is 2.60. The van der Waals surface area contributed by atoms with Crippen LogP contribution in [0.4, 0.5) is 9.93 Å². The molecule has 2 amide bonds. The van der Waals surface area contributed by atoms with E-state index >= 15 is 0 Å². The maximum absolute atomic E-state index is 12.8. The number of nitrogens with two attached hydrogens (primary N) is 1. The lowest BCUT2D eigenvalue weighted by Gasteiger charge is -2.30. The van der Waals surface area contributed by atoms with Crippen LogP contribution in [0.3, 0.4) is 0 Å². The molecule has 0 spiro atoms. The normalized spacial score (nSPS) is 16.5. The van der Waals surface area contributed by atoms with Gasteiger partial charge in [-0.2, -0.15) is 0 Å². The van der Waals surface area contributed by atoms with Crippen LogP contribution in [0.2, 0.25) is 0 Å². The Morgan fingerprint density at radius 2 is 2.14 bits per heavy atom. The van der Waals surface area contributed by atoms with Gasteiger partial charge < -0.3 is 21.1 Å². The van der Waals surface area contributed by atoms with Gasteiger partial charge in [-0.1, -0.05) is 46.9 Å². The highest BCUT2D eigenvalue weighted by atomic mass is 32.2. The lowest BCUT2D eigenvalue weighted by molar-refractivity contribution is -0.139. The molecule has 0 aliphatic carbocycles. The molecule has 8 nitrogen and oxygen atoms in total. The van der Waals surface area contributed by atoms with Crippen molar-refractivity contribution < 1.29 is 14.3 Å². The number of ether oxygens (including phenoxy) is 1. The Hall–Kier alpha value is -2.59. The molecule has 4 N–H and O–H groups in total. The fourth-order valence-electron chi connectivity index (χ4n) is 2.98. The molecule has 2 aromatic rings. The highest BCUT2D eigenvalue weighted by Gasteiger charge is 2.34.